The van der Waals surface area contributed by atoms with E-state index in [1.807, 2.05) is 0 Å². The van der Waals surface area contributed by atoms with Crippen molar-refractivity contribution in [2.75, 3.05) is 31.1 Å². The first-order valence-electron chi connectivity index (χ1n) is 7.53. The van der Waals surface area contributed by atoms with Crippen LogP contribution in [0.4, 0.5) is 5.82 Å². The monoisotopic (exact) mass is 343 g/mol. The number of aromatic amines is 1. The summed E-state index contributed by atoms with van der Waals surface area (Å²) in [5, 5.41) is 0.236. The number of fused-ring (bicyclic) bond motifs is 1. The minimum atomic E-state index is -0.0953. The fourth-order valence-corrected chi connectivity index (χ4v) is 3.03. The normalized spacial score (nSPS) is 15.0. The van der Waals surface area contributed by atoms with Gasteiger partial charge in [-0.3, -0.25) is 4.79 Å². The van der Waals surface area contributed by atoms with Gasteiger partial charge in [0.1, 0.15) is 17.0 Å². The van der Waals surface area contributed by atoms with Gasteiger partial charge in [-0.05, 0) is 12.1 Å². The van der Waals surface area contributed by atoms with Crippen molar-refractivity contribution in [3.05, 3.63) is 41.7 Å². The molecule has 1 N–H and O–H groups in total. The van der Waals surface area contributed by atoms with E-state index in [0.717, 1.165) is 11.3 Å². The second-order valence-electron chi connectivity index (χ2n) is 5.42. The maximum Gasteiger partial charge on any atom is 0.257 e. The smallest absolute Gasteiger partial charge is 0.257 e. The first-order valence-corrected chi connectivity index (χ1v) is 7.90. The zero-order valence-corrected chi connectivity index (χ0v) is 13.4. The molecule has 0 spiro atoms. The average Bonchev–Trinajstić information content (AvgIpc) is 3.10. The lowest BCUT2D eigenvalue weighted by Crippen LogP contribution is -2.49. The molecule has 0 saturated carbocycles. The van der Waals surface area contributed by atoms with Crippen LogP contribution in [-0.2, 0) is 0 Å². The zero-order valence-electron chi connectivity index (χ0n) is 12.7. The fourth-order valence-electron chi connectivity index (χ4n) is 2.83. The molecule has 0 bridgehead atoms. The van der Waals surface area contributed by atoms with Crippen molar-refractivity contribution in [2.24, 2.45) is 0 Å². The van der Waals surface area contributed by atoms with Crippen molar-refractivity contribution in [2.45, 2.75) is 0 Å². The molecule has 1 saturated heterocycles. The summed E-state index contributed by atoms with van der Waals surface area (Å²) in [7, 11) is 0. The molecule has 0 atom stereocenters. The highest BCUT2D eigenvalue weighted by atomic mass is 35.5. The second-order valence-corrected chi connectivity index (χ2v) is 5.78. The predicted molar refractivity (Wildman–Crippen MR) is 89.0 cm³/mol. The van der Waals surface area contributed by atoms with Gasteiger partial charge in [-0.25, -0.2) is 19.9 Å². The molecule has 1 amide bonds. The first-order chi connectivity index (χ1) is 11.7. The van der Waals surface area contributed by atoms with E-state index in [1.165, 1.54) is 6.33 Å². The molecule has 1 fully saturated rings. The number of nitrogens with zero attached hydrogens (tertiary/aromatic N) is 6. The lowest BCUT2D eigenvalue weighted by atomic mass is 10.2. The number of piperazine rings is 1. The minimum absolute atomic E-state index is 0.0953. The first kappa shape index (κ1) is 14.8. The van der Waals surface area contributed by atoms with Crippen molar-refractivity contribution in [1.29, 1.82) is 0 Å². The Labute approximate surface area is 142 Å². The number of hydrogen-bond acceptors (Lipinski definition) is 6. The van der Waals surface area contributed by atoms with Crippen LogP contribution in [0.15, 0.2) is 31.0 Å². The van der Waals surface area contributed by atoms with Gasteiger partial charge in [0, 0.05) is 32.4 Å². The number of rotatable bonds is 2. The second kappa shape index (κ2) is 6.04. The Morgan fingerprint density at radius 1 is 1.12 bits per heavy atom. The molecule has 3 aromatic rings. The fraction of sp³-hybridized carbons (Fsp3) is 0.267. The van der Waals surface area contributed by atoms with Gasteiger partial charge < -0.3 is 14.8 Å². The summed E-state index contributed by atoms with van der Waals surface area (Å²) in [4.78, 5) is 36.1. The Bertz CT molecular complexity index is 888. The number of hydrogen-bond donors (Lipinski definition) is 1. The van der Waals surface area contributed by atoms with Crippen LogP contribution in [0.25, 0.3) is 11.2 Å². The zero-order chi connectivity index (χ0) is 16.5. The molecule has 3 aromatic heterocycles. The van der Waals surface area contributed by atoms with E-state index >= 15 is 0 Å². The standard InChI is InChI=1S/C15H14ClN7O/c16-12-10(2-1-3-17-12)15(24)23-6-4-22(5-7-23)14-11-13(19-8-18-11)20-9-21-14/h1-3,8-9H,4-7H2,(H,18,19,20,21). The number of carbonyl (C=O) groups is 1. The third kappa shape index (κ3) is 2.54. The van der Waals surface area contributed by atoms with Gasteiger partial charge in [0.15, 0.2) is 11.5 Å². The maximum absolute atomic E-state index is 12.6. The van der Waals surface area contributed by atoms with Crippen LogP contribution < -0.4 is 4.90 Å². The van der Waals surface area contributed by atoms with Crippen LogP contribution in [-0.4, -0.2) is 61.9 Å². The molecule has 0 radical (unpaired) electrons. The molecule has 122 valence electrons. The number of carbonyl (C=O) groups excluding carboxylic acids is 1. The molecular formula is C15H14ClN7O. The summed E-state index contributed by atoms with van der Waals surface area (Å²) in [5.74, 6) is 0.714. The predicted octanol–water partition coefficient (Wildman–Crippen LogP) is 1.36. The molecule has 9 heteroatoms. The highest BCUT2D eigenvalue weighted by Crippen LogP contribution is 2.22. The van der Waals surface area contributed by atoms with E-state index in [2.05, 4.69) is 29.8 Å². The number of nitrogens with one attached hydrogen (secondary N) is 1. The molecule has 4 rings (SSSR count). The summed E-state index contributed by atoms with van der Waals surface area (Å²) in [6, 6.07) is 3.41. The lowest BCUT2D eigenvalue weighted by Gasteiger charge is -2.35. The maximum atomic E-state index is 12.6. The molecule has 8 nitrogen and oxygen atoms in total. The average molecular weight is 344 g/mol. The molecule has 24 heavy (non-hydrogen) atoms. The van der Waals surface area contributed by atoms with Gasteiger partial charge in [-0.15, -0.1) is 0 Å². The van der Waals surface area contributed by atoms with E-state index < -0.39 is 0 Å². The van der Waals surface area contributed by atoms with Gasteiger partial charge >= 0.3 is 0 Å². The van der Waals surface area contributed by atoms with Gasteiger partial charge in [0.25, 0.3) is 5.91 Å². The van der Waals surface area contributed by atoms with E-state index in [4.69, 9.17) is 11.6 Å². The van der Waals surface area contributed by atoms with E-state index in [1.54, 1.807) is 29.6 Å². The van der Waals surface area contributed by atoms with Crippen LogP contribution in [0.3, 0.4) is 0 Å². The number of amides is 1. The van der Waals surface area contributed by atoms with Crippen molar-refractivity contribution in [3.8, 4) is 0 Å². The van der Waals surface area contributed by atoms with Crippen LogP contribution in [0.2, 0.25) is 5.15 Å². The largest absolute Gasteiger partial charge is 0.351 e. The molecule has 1 aliphatic rings. The third-order valence-electron chi connectivity index (χ3n) is 4.06. The molecule has 0 aromatic carbocycles. The van der Waals surface area contributed by atoms with E-state index in [0.29, 0.717) is 37.4 Å². The van der Waals surface area contributed by atoms with Crippen LogP contribution in [0, 0.1) is 0 Å². The van der Waals surface area contributed by atoms with Gasteiger partial charge in [0.05, 0.1) is 11.9 Å². The van der Waals surface area contributed by atoms with Gasteiger partial charge in [0.2, 0.25) is 0 Å². The number of pyridine rings is 1. The Morgan fingerprint density at radius 3 is 2.75 bits per heavy atom. The third-order valence-corrected chi connectivity index (χ3v) is 4.36. The van der Waals surface area contributed by atoms with Gasteiger partial charge in [-0.1, -0.05) is 11.6 Å². The molecule has 4 heterocycles. The summed E-state index contributed by atoms with van der Waals surface area (Å²) >= 11 is 6.02. The SMILES string of the molecule is O=C(c1cccnc1Cl)N1CCN(c2ncnc3nc[nH]c23)CC1. The van der Waals surface area contributed by atoms with E-state index in [9.17, 15) is 4.79 Å². The number of imidazole rings is 1. The Balaban J connectivity index is 1.50. The quantitative estimate of drug-likeness (QED) is 0.706. The summed E-state index contributed by atoms with van der Waals surface area (Å²) in [6.45, 7) is 2.52. The van der Waals surface area contributed by atoms with E-state index in [-0.39, 0.29) is 11.1 Å². The van der Waals surface area contributed by atoms with Crippen LogP contribution in [0.5, 0.6) is 0 Å². The van der Waals surface area contributed by atoms with Crippen molar-refractivity contribution < 1.29 is 4.79 Å². The Hall–Kier alpha value is -2.74. The number of aromatic nitrogens is 5. The van der Waals surface area contributed by atoms with Crippen molar-refractivity contribution in [3.63, 3.8) is 0 Å². The van der Waals surface area contributed by atoms with Crippen molar-refractivity contribution in [1.82, 2.24) is 29.8 Å². The van der Waals surface area contributed by atoms with Crippen LogP contribution >= 0.6 is 11.6 Å². The summed E-state index contributed by atoms with van der Waals surface area (Å²) in [5.41, 5.74) is 1.89. The molecule has 1 aliphatic heterocycles. The number of halogens is 1. The number of anilines is 1. The minimum Gasteiger partial charge on any atom is -0.351 e. The highest BCUT2D eigenvalue weighted by molar-refractivity contribution is 6.32. The Kier molecular flexibility index (Phi) is 3.73. The molecular weight excluding hydrogens is 330 g/mol. The topological polar surface area (TPSA) is 90.9 Å². The van der Waals surface area contributed by atoms with Gasteiger partial charge in [-0.2, -0.15) is 0 Å². The molecule has 0 aliphatic carbocycles. The highest BCUT2D eigenvalue weighted by Gasteiger charge is 2.25. The molecule has 0 unspecified atom stereocenters. The van der Waals surface area contributed by atoms with Crippen LogP contribution in [0.1, 0.15) is 10.4 Å². The van der Waals surface area contributed by atoms with Crippen molar-refractivity contribution >= 4 is 34.5 Å². The summed E-state index contributed by atoms with van der Waals surface area (Å²) < 4.78 is 0. The number of H-pyrrole nitrogens is 1. The summed E-state index contributed by atoms with van der Waals surface area (Å²) in [6.07, 6.45) is 4.68. The Morgan fingerprint density at radius 2 is 1.96 bits per heavy atom. The lowest BCUT2D eigenvalue weighted by molar-refractivity contribution is 0.0746.